The first-order valence-electron chi connectivity index (χ1n) is 12.0. The van der Waals surface area contributed by atoms with Crippen molar-refractivity contribution in [2.45, 2.75) is 57.4 Å². The van der Waals surface area contributed by atoms with Crippen molar-refractivity contribution in [3.63, 3.8) is 0 Å². The monoisotopic (exact) mass is 529 g/mol. The molecule has 3 heterocycles. The number of hydrogen-bond acceptors (Lipinski definition) is 11. The minimum atomic E-state index is -1.04. The second-order valence-electron chi connectivity index (χ2n) is 9.10. The van der Waals surface area contributed by atoms with Gasteiger partial charge in [0.1, 0.15) is 48.1 Å². The van der Waals surface area contributed by atoms with Gasteiger partial charge in [-0.3, -0.25) is 0 Å². The third kappa shape index (κ3) is 4.74. The van der Waals surface area contributed by atoms with Crippen molar-refractivity contribution in [2.75, 3.05) is 20.8 Å². The first kappa shape index (κ1) is 27.2. The summed E-state index contributed by atoms with van der Waals surface area (Å²) in [6.45, 7) is 12.8. The molecule has 0 saturated carbocycles. The number of ether oxygens (including phenoxy) is 6. The predicted molar refractivity (Wildman–Crippen MR) is 137 cm³/mol. The Morgan fingerprint density at radius 2 is 1.89 bits per heavy atom. The lowest BCUT2D eigenvalue weighted by atomic mass is 9.85. The number of methoxy groups -OCH3 is 1. The lowest BCUT2D eigenvalue weighted by Gasteiger charge is -2.46. The van der Waals surface area contributed by atoms with Crippen LogP contribution in [0.4, 0.5) is 4.79 Å². The number of aryl methyl sites for hydroxylation is 1. The van der Waals surface area contributed by atoms with Gasteiger partial charge in [0, 0.05) is 12.7 Å². The van der Waals surface area contributed by atoms with Crippen LogP contribution in [0.1, 0.15) is 31.4 Å². The summed E-state index contributed by atoms with van der Waals surface area (Å²) < 4.78 is 40.5. The molecule has 204 valence electrons. The van der Waals surface area contributed by atoms with Crippen LogP contribution in [0.2, 0.25) is 0 Å². The molecule has 1 aromatic carbocycles. The van der Waals surface area contributed by atoms with Gasteiger partial charge >= 0.3 is 11.8 Å². The summed E-state index contributed by atoms with van der Waals surface area (Å²) >= 11 is 0. The fourth-order valence-corrected chi connectivity index (χ4v) is 4.90. The summed E-state index contributed by atoms with van der Waals surface area (Å²) in [4.78, 5) is 29.9. The van der Waals surface area contributed by atoms with Gasteiger partial charge in [0.15, 0.2) is 6.10 Å². The van der Waals surface area contributed by atoms with Crippen LogP contribution < -0.4 is 15.1 Å². The molecule has 4 rings (SSSR count). The molecule has 0 N–H and O–H groups in total. The third-order valence-corrected chi connectivity index (χ3v) is 6.55. The second kappa shape index (κ2) is 10.9. The van der Waals surface area contributed by atoms with E-state index in [0.29, 0.717) is 28.8 Å². The molecule has 2 fully saturated rings. The van der Waals surface area contributed by atoms with E-state index in [2.05, 4.69) is 18.3 Å². The predicted octanol–water partition coefficient (Wildman–Crippen LogP) is 4.03. The number of carbonyl (C=O) groups is 1. The van der Waals surface area contributed by atoms with Crippen molar-refractivity contribution in [1.29, 1.82) is 0 Å². The van der Waals surface area contributed by atoms with E-state index in [9.17, 15) is 9.59 Å². The van der Waals surface area contributed by atoms with Gasteiger partial charge < -0.3 is 37.7 Å². The highest BCUT2D eigenvalue weighted by Crippen LogP contribution is 2.42. The molecular weight excluding hydrogens is 498 g/mol. The van der Waals surface area contributed by atoms with Crippen LogP contribution in [0.3, 0.4) is 0 Å². The number of carbonyl (C=O) groups excluding carboxylic acids is 1. The maximum atomic E-state index is 13.0. The van der Waals surface area contributed by atoms with Crippen LogP contribution in [-0.2, 0) is 23.8 Å². The highest BCUT2D eigenvalue weighted by molar-refractivity contribution is 6.05. The minimum Gasteiger partial charge on any atom is -0.488 e. The summed E-state index contributed by atoms with van der Waals surface area (Å²) in [5, 5.41) is 4.39. The van der Waals surface area contributed by atoms with Crippen LogP contribution in [-0.4, -0.2) is 62.9 Å². The van der Waals surface area contributed by atoms with Crippen molar-refractivity contribution in [3.8, 4) is 11.5 Å². The van der Waals surface area contributed by atoms with Gasteiger partial charge in [0.05, 0.1) is 11.1 Å². The average Bonchev–Trinajstić information content (AvgIpc) is 3.25. The van der Waals surface area contributed by atoms with Crippen molar-refractivity contribution >= 4 is 22.8 Å². The van der Waals surface area contributed by atoms with Crippen LogP contribution in [0.25, 0.3) is 11.0 Å². The summed E-state index contributed by atoms with van der Waals surface area (Å²) in [7, 11) is 2.89. The lowest BCUT2D eigenvalue weighted by Crippen LogP contribution is -2.63. The summed E-state index contributed by atoms with van der Waals surface area (Å²) in [5.41, 5.74) is -0.417. The quantitative estimate of drug-likeness (QED) is 0.146. The molecule has 0 aliphatic carbocycles. The summed E-state index contributed by atoms with van der Waals surface area (Å²) in [6.07, 6.45) is -0.514. The Balaban J connectivity index is 1.78. The molecule has 2 saturated heterocycles. The smallest absolute Gasteiger partial charge is 0.488 e. The van der Waals surface area contributed by atoms with E-state index in [1.54, 1.807) is 38.1 Å². The zero-order valence-corrected chi connectivity index (χ0v) is 22.0. The van der Waals surface area contributed by atoms with E-state index in [4.69, 9.17) is 37.7 Å². The Morgan fingerprint density at radius 3 is 2.55 bits per heavy atom. The van der Waals surface area contributed by atoms with Crippen LogP contribution in [0, 0.1) is 6.92 Å². The fraction of sp³-hybridized carbons (Fsp3) is 0.444. The molecule has 2 aliphatic rings. The highest BCUT2D eigenvalue weighted by atomic mass is 16.8. The molecule has 2 aromatic rings. The molecule has 1 unspecified atom stereocenters. The lowest BCUT2D eigenvalue weighted by molar-refractivity contribution is -0.287. The fourth-order valence-electron chi connectivity index (χ4n) is 4.90. The Morgan fingerprint density at radius 1 is 1.16 bits per heavy atom. The number of rotatable bonds is 10. The van der Waals surface area contributed by atoms with E-state index in [-0.39, 0.29) is 23.5 Å². The molecule has 38 heavy (non-hydrogen) atoms. The molecule has 0 radical (unpaired) electrons. The first-order chi connectivity index (χ1) is 18.2. The molecule has 11 nitrogen and oxygen atoms in total. The normalized spacial score (nSPS) is 26.8. The van der Waals surface area contributed by atoms with E-state index in [0.717, 1.165) is 0 Å². The van der Waals surface area contributed by atoms with Gasteiger partial charge in [-0.25, -0.2) is 9.59 Å². The number of benzene rings is 1. The molecule has 2 aliphatic heterocycles. The van der Waals surface area contributed by atoms with Crippen LogP contribution in [0.5, 0.6) is 11.5 Å². The van der Waals surface area contributed by atoms with E-state index < -0.39 is 42.0 Å². The topological polar surface area (TPSA) is 124 Å². The molecule has 1 aromatic heterocycles. The van der Waals surface area contributed by atoms with Crippen molar-refractivity contribution in [2.24, 2.45) is 5.16 Å². The second-order valence-corrected chi connectivity index (χ2v) is 9.10. The number of oxime groups is 1. The van der Waals surface area contributed by atoms with Gasteiger partial charge in [0.25, 0.3) is 0 Å². The van der Waals surface area contributed by atoms with Gasteiger partial charge in [-0.2, -0.15) is 0 Å². The Labute approximate surface area is 219 Å². The molecule has 0 bridgehead atoms. The number of hydrogen-bond donors (Lipinski definition) is 0. The number of fused-ring (bicyclic) bond motifs is 2. The van der Waals surface area contributed by atoms with Crippen molar-refractivity contribution in [3.05, 3.63) is 59.0 Å². The van der Waals surface area contributed by atoms with Gasteiger partial charge in [-0.15, -0.1) is 6.58 Å². The SMILES string of the molecule is C=CCOc1c(C(C)=NOC)c(=O)oc2c(C)c(OC3O[C@@](C)(CC=C)[C@H](OC)[C@H]4OC(=O)O[C@@H]34)ccc12. The third-order valence-electron chi connectivity index (χ3n) is 6.55. The van der Waals surface area contributed by atoms with E-state index >= 15 is 0 Å². The highest BCUT2D eigenvalue weighted by Gasteiger charge is 2.60. The Hall–Kier alpha value is -3.83. The Bertz CT molecular complexity index is 1330. The van der Waals surface area contributed by atoms with Crippen molar-refractivity contribution < 1.29 is 42.5 Å². The first-order valence-corrected chi connectivity index (χ1v) is 12.0. The minimum absolute atomic E-state index is 0.133. The van der Waals surface area contributed by atoms with E-state index in [1.807, 2.05) is 6.92 Å². The molecule has 5 atom stereocenters. The van der Waals surface area contributed by atoms with E-state index in [1.165, 1.54) is 14.2 Å². The largest absolute Gasteiger partial charge is 0.509 e. The van der Waals surface area contributed by atoms with Gasteiger partial charge in [0.2, 0.25) is 12.4 Å². The molecule has 11 heteroatoms. The molecule has 0 spiro atoms. The molecular formula is C27H31NO10. The van der Waals surface area contributed by atoms with Gasteiger partial charge in [-0.1, -0.05) is 23.9 Å². The Kier molecular flexibility index (Phi) is 7.79. The maximum absolute atomic E-state index is 13.0. The zero-order chi connectivity index (χ0) is 27.6. The standard InChI is InChI=1S/C27H31NO10/c1-8-12-27(5)23(31-6)21-22(37-26(30)36-21)25(38-27)34-17-11-10-16-19(14(17)3)35-24(29)18(15(4)28-32-7)20(16)33-13-9-2/h8-11,21-23,25H,1-2,12-13H2,3-7H3/t21-,22+,23+,25?,27-/m0/s1. The summed E-state index contributed by atoms with van der Waals surface area (Å²) in [6, 6.07) is 3.38. The van der Waals surface area contributed by atoms with Crippen LogP contribution >= 0.6 is 0 Å². The maximum Gasteiger partial charge on any atom is 0.509 e. The molecule has 0 amide bonds. The number of nitrogens with zero attached hydrogens (tertiary/aromatic N) is 1. The summed E-state index contributed by atoms with van der Waals surface area (Å²) in [5.74, 6) is 0.617. The zero-order valence-electron chi connectivity index (χ0n) is 22.0. The average molecular weight is 530 g/mol. The van der Waals surface area contributed by atoms with Gasteiger partial charge in [-0.05, 0) is 39.3 Å². The van der Waals surface area contributed by atoms with Crippen LogP contribution in [0.15, 0.2) is 51.8 Å². The van der Waals surface area contributed by atoms with Crippen molar-refractivity contribution in [1.82, 2.24) is 0 Å².